The lowest BCUT2D eigenvalue weighted by atomic mass is 9.87. The number of ether oxygens (including phenoxy) is 1. The average molecular weight is 327 g/mol. The highest BCUT2D eigenvalue weighted by molar-refractivity contribution is 6.31. The number of rotatable bonds is 2. The van der Waals surface area contributed by atoms with E-state index in [1.165, 1.54) is 0 Å². The fourth-order valence-corrected chi connectivity index (χ4v) is 3.29. The van der Waals surface area contributed by atoms with Gasteiger partial charge in [-0.1, -0.05) is 42.0 Å². The Balaban J connectivity index is 2.03. The molecule has 1 aliphatic rings. The largest absolute Gasteiger partial charge is 0.493 e. The zero-order chi connectivity index (χ0) is 16.6. The van der Waals surface area contributed by atoms with E-state index in [2.05, 4.69) is 6.58 Å². The van der Waals surface area contributed by atoms with Gasteiger partial charge in [-0.3, -0.25) is 4.79 Å². The molecule has 3 heteroatoms. The fraction of sp³-hybridized carbons (Fsp3) is 0.250. The third kappa shape index (κ3) is 3.04. The zero-order valence-corrected chi connectivity index (χ0v) is 14.1. The highest BCUT2D eigenvalue weighted by atomic mass is 35.5. The number of hydrogen-bond acceptors (Lipinski definition) is 2. The molecule has 0 amide bonds. The second-order valence-corrected chi connectivity index (χ2v) is 6.48. The van der Waals surface area contributed by atoms with Crippen LogP contribution in [-0.2, 0) is 0 Å². The van der Waals surface area contributed by atoms with Gasteiger partial charge in [0.15, 0.2) is 5.78 Å². The number of carbonyl (C=O) groups is 1. The summed E-state index contributed by atoms with van der Waals surface area (Å²) in [5.74, 6) is 0.442. The first kappa shape index (κ1) is 15.8. The van der Waals surface area contributed by atoms with Gasteiger partial charge in [-0.05, 0) is 55.2 Å². The molecular formula is C20H19ClO2. The fourth-order valence-electron chi connectivity index (χ4n) is 2.93. The molecule has 1 heterocycles. The van der Waals surface area contributed by atoms with Gasteiger partial charge in [-0.15, -0.1) is 0 Å². The summed E-state index contributed by atoms with van der Waals surface area (Å²) in [5, 5.41) is 0.644. The molecule has 2 nitrogen and oxygen atoms in total. The van der Waals surface area contributed by atoms with Gasteiger partial charge < -0.3 is 4.74 Å². The van der Waals surface area contributed by atoms with Crippen LogP contribution in [0.4, 0.5) is 0 Å². The van der Waals surface area contributed by atoms with Gasteiger partial charge in [0.2, 0.25) is 0 Å². The number of hydrogen-bond donors (Lipinski definition) is 0. The first-order chi connectivity index (χ1) is 11.0. The van der Waals surface area contributed by atoms with Gasteiger partial charge in [0, 0.05) is 5.02 Å². The number of benzene rings is 2. The molecule has 1 unspecified atom stereocenters. The molecule has 2 aromatic carbocycles. The standard InChI is InChI=1S/C20H19ClO2/c1-12(2)14-5-7-17-19(11-14)23-9-8-16(20(17)22)15-6-4-13(3)10-18(15)21/h4-7,10-11,16H,1,8-9H2,2-3H3. The van der Waals surface area contributed by atoms with E-state index >= 15 is 0 Å². The second kappa shape index (κ2) is 6.21. The van der Waals surface area contributed by atoms with Crippen molar-refractivity contribution in [3.63, 3.8) is 0 Å². The number of ketones is 1. The van der Waals surface area contributed by atoms with E-state index < -0.39 is 0 Å². The third-order valence-electron chi connectivity index (χ3n) is 4.25. The Labute approximate surface area is 141 Å². The van der Waals surface area contributed by atoms with Crippen molar-refractivity contribution in [3.05, 3.63) is 70.3 Å². The van der Waals surface area contributed by atoms with Crippen LogP contribution < -0.4 is 4.74 Å². The summed E-state index contributed by atoms with van der Waals surface area (Å²) < 4.78 is 5.82. The topological polar surface area (TPSA) is 26.3 Å². The summed E-state index contributed by atoms with van der Waals surface area (Å²) in [7, 11) is 0. The molecule has 2 aromatic rings. The maximum Gasteiger partial charge on any atom is 0.174 e. The molecule has 0 aliphatic carbocycles. The summed E-state index contributed by atoms with van der Waals surface area (Å²) in [6.45, 7) is 8.36. The minimum absolute atomic E-state index is 0.0662. The molecule has 1 aliphatic heterocycles. The molecule has 0 radical (unpaired) electrons. The number of allylic oxidation sites excluding steroid dienone is 1. The first-order valence-corrected chi connectivity index (χ1v) is 8.08. The van der Waals surface area contributed by atoms with Crippen molar-refractivity contribution in [1.29, 1.82) is 0 Å². The molecule has 0 bridgehead atoms. The molecule has 0 N–H and O–H groups in total. The zero-order valence-electron chi connectivity index (χ0n) is 13.4. The van der Waals surface area contributed by atoms with Crippen molar-refractivity contribution in [3.8, 4) is 5.75 Å². The molecule has 0 spiro atoms. The third-order valence-corrected chi connectivity index (χ3v) is 4.58. The lowest BCUT2D eigenvalue weighted by Crippen LogP contribution is -2.13. The van der Waals surface area contributed by atoms with Crippen LogP contribution in [-0.4, -0.2) is 12.4 Å². The van der Waals surface area contributed by atoms with Crippen molar-refractivity contribution in [2.45, 2.75) is 26.2 Å². The van der Waals surface area contributed by atoms with Crippen molar-refractivity contribution in [1.82, 2.24) is 0 Å². The van der Waals surface area contributed by atoms with Crippen LogP contribution in [0.3, 0.4) is 0 Å². The Bertz CT molecular complexity index is 792. The number of halogens is 1. The molecule has 0 saturated heterocycles. The monoisotopic (exact) mass is 326 g/mol. The van der Waals surface area contributed by atoms with Crippen LogP contribution in [0, 0.1) is 6.92 Å². The minimum atomic E-state index is -0.264. The van der Waals surface area contributed by atoms with Crippen LogP contribution in [0.1, 0.15) is 46.3 Å². The van der Waals surface area contributed by atoms with Crippen molar-refractivity contribution in [2.24, 2.45) is 0 Å². The summed E-state index contributed by atoms with van der Waals surface area (Å²) in [5.41, 5.74) is 4.52. The van der Waals surface area contributed by atoms with E-state index in [4.69, 9.17) is 16.3 Å². The molecule has 3 rings (SSSR count). The molecule has 1 atom stereocenters. The van der Waals surface area contributed by atoms with E-state index in [1.807, 2.05) is 50.2 Å². The Morgan fingerprint density at radius 1 is 1.26 bits per heavy atom. The van der Waals surface area contributed by atoms with E-state index in [1.54, 1.807) is 0 Å². The molecule has 23 heavy (non-hydrogen) atoms. The number of Topliss-reactive ketones (excluding diaryl/α,β-unsaturated/α-hetero) is 1. The van der Waals surface area contributed by atoms with Gasteiger partial charge >= 0.3 is 0 Å². The van der Waals surface area contributed by atoms with Crippen molar-refractivity contribution < 1.29 is 9.53 Å². The Morgan fingerprint density at radius 2 is 2.04 bits per heavy atom. The van der Waals surface area contributed by atoms with Crippen LogP contribution in [0.25, 0.3) is 5.57 Å². The minimum Gasteiger partial charge on any atom is -0.493 e. The number of carbonyl (C=O) groups excluding carboxylic acids is 1. The van der Waals surface area contributed by atoms with Crippen molar-refractivity contribution in [2.75, 3.05) is 6.61 Å². The predicted octanol–water partition coefficient (Wildman–Crippen LogP) is 5.43. The maximum absolute atomic E-state index is 13.0. The first-order valence-electron chi connectivity index (χ1n) is 7.70. The summed E-state index contributed by atoms with van der Waals surface area (Å²) in [6.07, 6.45) is 0.624. The van der Waals surface area contributed by atoms with Crippen molar-refractivity contribution >= 4 is 23.0 Å². The molecule has 118 valence electrons. The van der Waals surface area contributed by atoms with E-state index in [0.717, 1.165) is 22.3 Å². The van der Waals surface area contributed by atoms with Gasteiger partial charge in [-0.2, -0.15) is 0 Å². The Morgan fingerprint density at radius 3 is 2.74 bits per heavy atom. The van der Waals surface area contributed by atoms with E-state index in [9.17, 15) is 4.79 Å². The van der Waals surface area contributed by atoms with Gasteiger partial charge in [0.25, 0.3) is 0 Å². The van der Waals surface area contributed by atoms with E-state index in [-0.39, 0.29) is 11.7 Å². The predicted molar refractivity (Wildman–Crippen MR) is 94.5 cm³/mol. The molecule has 0 fully saturated rings. The summed E-state index contributed by atoms with van der Waals surface area (Å²) >= 11 is 6.37. The van der Waals surface area contributed by atoms with Gasteiger partial charge in [0.05, 0.1) is 18.1 Å². The van der Waals surface area contributed by atoms with Gasteiger partial charge in [0.1, 0.15) is 5.75 Å². The summed E-state index contributed by atoms with van der Waals surface area (Å²) in [6, 6.07) is 11.5. The van der Waals surface area contributed by atoms with Crippen LogP contribution in [0.5, 0.6) is 5.75 Å². The lowest BCUT2D eigenvalue weighted by molar-refractivity contribution is 0.0958. The van der Waals surface area contributed by atoms with E-state index in [0.29, 0.717) is 29.4 Å². The SMILES string of the molecule is C=C(C)c1ccc2c(c1)OCCC(c1ccc(C)cc1Cl)C2=O. The summed E-state index contributed by atoms with van der Waals surface area (Å²) in [4.78, 5) is 13.0. The quantitative estimate of drug-likeness (QED) is 0.735. The van der Waals surface area contributed by atoms with Gasteiger partial charge in [-0.25, -0.2) is 0 Å². The average Bonchev–Trinajstić information content (AvgIpc) is 2.66. The molecule has 0 saturated carbocycles. The second-order valence-electron chi connectivity index (χ2n) is 6.07. The highest BCUT2D eigenvalue weighted by Gasteiger charge is 2.29. The Hall–Kier alpha value is -2.06. The Kier molecular flexibility index (Phi) is 4.27. The lowest BCUT2D eigenvalue weighted by Gasteiger charge is -2.15. The van der Waals surface area contributed by atoms with Crippen LogP contribution in [0.15, 0.2) is 43.0 Å². The smallest absolute Gasteiger partial charge is 0.174 e. The number of fused-ring (bicyclic) bond motifs is 1. The maximum atomic E-state index is 13.0. The normalized spacial score (nSPS) is 17.2. The molecule has 0 aromatic heterocycles. The number of aryl methyl sites for hydroxylation is 1. The highest BCUT2D eigenvalue weighted by Crippen LogP contribution is 2.36. The van der Waals surface area contributed by atoms with Crippen LogP contribution in [0.2, 0.25) is 5.02 Å². The molecular weight excluding hydrogens is 308 g/mol. The van der Waals surface area contributed by atoms with Crippen LogP contribution >= 0.6 is 11.6 Å².